The second-order valence-electron chi connectivity index (χ2n) is 9.18. The molecule has 3 aromatic rings. The van der Waals surface area contributed by atoms with E-state index >= 15 is 0 Å². The molecule has 1 aliphatic heterocycles. The molecule has 13 heteroatoms. The van der Waals surface area contributed by atoms with Crippen LogP contribution in [0.5, 0.6) is 23.0 Å². The third-order valence-electron chi connectivity index (χ3n) is 6.74. The van der Waals surface area contributed by atoms with E-state index in [2.05, 4.69) is 0 Å². The highest BCUT2D eigenvalue weighted by atomic mass is 35.5. The first-order chi connectivity index (χ1) is 19.9. The summed E-state index contributed by atoms with van der Waals surface area (Å²) in [7, 11) is 5.60. The Bertz CT molecular complexity index is 1500. The summed E-state index contributed by atoms with van der Waals surface area (Å²) in [5, 5.41) is 9.01. The molecular weight excluding hydrogens is 583 g/mol. The Hall–Kier alpha value is -4.16. The van der Waals surface area contributed by atoms with Crippen LogP contribution in [0.2, 0.25) is 5.02 Å². The number of fused-ring (bicyclic) bond motifs is 1. The summed E-state index contributed by atoms with van der Waals surface area (Å²) >= 11 is 6.17. The van der Waals surface area contributed by atoms with Crippen LogP contribution >= 0.6 is 11.6 Å². The number of amides is 1. The Morgan fingerprint density at radius 1 is 0.976 bits per heavy atom. The molecule has 2 atom stereocenters. The molecule has 1 heterocycles. The number of benzene rings is 3. The number of alkyl halides is 3. The number of rotatable bonds is 9. The fourth-order valence-electron chi connectivity index (χ4n) is 4.80. The fourth-order valence-corrected chi connectivity index (χ4v) is 5.07. The molecule has 1 N–H and O–H groups in total. The zero-order valence-corrected chi connectivity index (χ0v) is 23.7. The van der Waals surface area contributed by atoms with Crippen molar-refractivity contribution in [1.82, 2.24) is 0 Å². The van der Waals surface area contributed by atoms with E-state index in [4.69, 9.17) is 35.3 Å². The van der Waals surface area contributed by atoms with Gasteiger partial charge in [-0.25, -0.2) is 0 Å². The molecule has 0 aliphatic carbocycles. The molecule has 1 aliphatic rings. The number of hydrogen-bond acceptors (Lipinski definition) is 7. The molecule has 0 saturated carbocycles. The summed E-state index contributed by atoms with van der Waals surface area (Å²) in [6, 6.07) is 11.3. The lowest BCUT2D eigenvalue weighted by Crippen LogP contribution is -2.40. The molecule has 0 aromatic heterocycles. The standard InChI is InChI=1S/C29H27ClF3NO8/c1-38-16-9-8-15(23(10-16)40-3)14-34-21-12-19(29(31,32)33)20(30)11-18(21)26(42-24(28(34)37)13-25(35)36)17-6-5-7-22(39-2)27(17)41-4/h5-12,24,26H,13-14H2,1-4H3,(H,35,36)/t24-,26-/m1/s1. The van der Waals surface area contributed by atoms with Gasteiger partial charge in [0, 0.05) is 22.8 Å². The van der Waals surface area contributed by atoms with Crippen molar-refractivity contribution in [3.63, 3.8) is 0 Å². The predicted molar refractivity (Wildman–Crippen MR) is 146 cm³/mol. The van der Waals surface area contributed by atoms with E-state index in [0.29, 0.717) is 17.1 Å². The Morgan fingerprint density at radius 3 is 2.29 bits per heavy atom. The molecule has 9 nitrogen and oxygen atoms in total. The maximum Gasteiger partial charge on any atom is 0.417 e. The summed E-state index contributed by atoms with van der Waals surface area (Å²) in [6.45, 7) is -0.292. The summed E-state index contributed by atoms with van der Waals surface area (Å²) < 4.78 is 70.0. The van der Waals surface area contributed by atoms with Crippen molar-refractivity contribution in [2.75, 3.05) is 33.3 Å². The number of hydrogen-bond donors (Lipinski definition) is 1. The van der Waals surface area contributed by atoms with Crippen molar-refractivity contribution < 1.29 is 51.6 Å². The average molecular weight is 610 g/mol. The highest BCUT2D eigenvalue weighted by Gasteiger charge is 2.42. The highest BCUT2D eigenvalue weighted by molar-refractivity contribution is 6.31. The Morgan fingerprint density at radius 2 is 1.69 bits per heavy atom. The van der Waals surface area contributed by atoms with Gasteiger partial charge >= 0.3 is 12.1 Å². The Kier molecular flexibility index (Phi) is 9.07. The minimum absolute atomic E-state index is 0.0771. The molecular formula is C29H27ClF3NO8. The van der Waals surface area contributed by atoms with Gasteiger partial charge in [-0.2, -0.15) is 13.2 Å². The van der Waals surface area contributed by atoms with Crippen LogP contribution in [-0.2, 0) is 27.0 Å². The highest BCUT2D eigenvalue weighted by Crippen LogP contribution is 2.48. The lowest BCUT2D eigenvalue weighted by atomic mass is 9.96. The van der Waals surface area contributed by atoms with E-state index in [0.717, 1.165) is 17.0 Å². The third kappa shape index (κ3) is 6.04. The minimum Gasteiger partial charge on any atom is -0.497 e. The van der Waals surface area contributed by atoms with Gasteiger partial charge in [-0.05, 0) is 30.3 Å². The number of ether oxygens (including phenoxy) is 5. The SMILES string of the molecule is COc1ccc(CN2C(=O)[C@@H](CC(=O)O)O[C@H](c3cccc(OC)c3OC)c3cc(Cl)c(C(F)(F)F)cc32)c(OC)c1. The molecule has 0 unspecified atom stereocenters. The van der Waals surface area contributed by atoms with E-state index in [1.165, 1.54) is 28.4 Å². The largest absolute Gasteiger partial charge is 0.497 e. The van der Waals surface area contributed by atoms with Gasteiger partial charge in [-0.3, -0.25) is 9.59 Å². The van der Waals surface area contributed by atoms with E-state index < -0.39 is 47.3 Å². The topological polar surface area (TPSA) is 104 Å². The van der Waals surface area contributed by atoms with Crippen molar-refractivity contribution in [2.45, 2.75) is 31.3 Å². The number of carbonyl (C=O) groups excluding carboxylic acids is 1. The van der Waals surface area contributed by atoms with Gasteiger partial charge in [0.2, 0.25) is 0 Å². The monoisotopic (exact) mass is 609 g/mol. The van der Waals surface area contributed by atoms with E-state index in [9.17, 15) is 27.9 Å². The number of anilines is 1. The third-order valence-corrected chi connectivity index (χ3v) is 7.05. The number of methoxy groups -OCH3 is 4. The molecule has 0 spiro atoms. The van der Waals surface area contributed by atoms with Gasteiger partial charge < -0.3 is 33.7 Å². The Labute approximate surface area is 244 Å². The normalized spacial score (nSPS) is 16.9. The van der Waals surface area contributed by atoms with Crippen molar-refractivity contribution in [3.05, 3.63) is 75.8 Å². The molecule has 4 rings (SSSR count). The van der Waals surface area contributed by atoms with Crippen LogP contribution in [0.15, 0.2) is 48.5 Å². The molecule has 224 valence electrons. The van der Waals surface area contributed by atoms with E-state index in [1.54, 1.807) is 36.4 Å². The van der Waals surface area contributed by atoms with Crippen LogP contribution in [-0.4, -0.2) is 51.5 Å². The number of aliphatic carboxylic acids is 1. The molecule has 0 radical (unpaired) electrons. The van der Waals surface area contributed by atoms with E-state index in [-0.39, 0.29) is 34.9 Å². The van der Waals surface area contributed by atoms with Crippen LogP contribution in [0.1, 0.15) is 34.8 Å². The molecule has 0 saturated heterocycles. The van der Waals surface area contributed by atoms with Crippen molar-refractivity contribution in [1.29, 1.82) is 0 Å². The number of carbonyl (C=O) groups is 2. The van der Waals surface area contributed by atoms with E-state index in [1.807, 2.05) is 0 Å². The minimum atomic E-state index is -4.87. The van der Waals surface area contributed by atoms with Gasteiger partial charge in [0.05, 0.1) is 57.7 Å². The van der Waals surface area contributed by atoms with Gasteiger partial charge in [0.1, 0.15) is 23.7 Å². The number of nitrogens with zero attached hydrogens (tertiary/aromatic N) is 1. The second kappa shape index (κ2) is 12.4. The number of carboxylic acid groups (broad SMARTS) is 1. The van der Waals surface area contributed by atoms with Crippen molar-refractivity contribution in [2.24, 2.45) is 0 Å². The van der Waals surface area contributed by atoms with Gasteiger partial charge in [-0.15, -0.1) is 0 Å². The van der Waals surface area contributed by atoms with Gasteiger partial charge in [0.15, 0.2) is 11.5 Å². The predicted octanol–water partition coefficient (Wildman–Crippen LogP) is 5.89. The number of halogens is 4. The summed E-state index contributed by atoms with van der Waals surface area (Å²) in [5.41, 5.74) is -0.602. The van der Waals surface area contributed by atoms with Crippen LogP contribution in [0.25, 0.3) is 0 Å². The first-order valence-corrected chi connectivity index (χ1v) is 12.8. The summed E-state index contributed by atoms with van der Waals surface area (Å²) in [6.07, 6.45) is -8.52. The van der Waals surface area contributed by atoms with Crippen LogP contribution in [0.4, 0.5) is 18.9 Å². The maximum absolute atomic E-state index is 14.1. The van der Waals surface area contributed by atoms with Crippen molar-refractivity contribution in [3.8, 4) is 23.0 Å². The quantitative estimate of drug-likeness (QED) is 0.320. The zero-order valence-electron chi connectivity index (χ0n) is 23.0. The molecule has 0 fully saturated rings. The fraction of sp³-hybridized carbons (Fsp3) is 0.310. The van der Waals surface area contributed by atoms with Crippen LogP contribution in [0, 0.1) is 0 Å². The maximum atomic E-state index is 14.1. The smallest absolute Gasteiger partial charge is 0.417 e. The lowest BCUT2D eigenvalue weighted by Gasteiger charge is -2.27. The molecule has 0 bridgehead atoms. The molecule has 1 amide bonds. The summed E-state index contributed by atoms with van der Waals surface area (Å²) in [5.74, 6) is -1.04. The summed E-state index contributed by atoms with van der Waals surface area (Å²) in [4.78, 5) is 26.9. The zero-order chi connectivity index (χ0) is 30.8. The lowest BCUT2D eigenvalue weighted by molar-refractivity contribution is -0.147. The van der Waals surface area contributed by atoms with Gasteiger partial charge in [-0.1, -0.05) is 23.7 Å². The van der Waals surface area contributed by atoms with Crippen LogP contribution in [0.3, 0.4) is 0 Å². The Balaban J connectivity index is 2.02. The average Bonchev–Trinajstić information content (AvgIpc) is 3.05. The van der Waals surface area contributed by atoms with Crippen molar-refractivity contribution >= 4 is 29.2 Å². The number of para-hydroxylation sites is 1. The molecule has 3 aromatic carbocycles. The van der Waals surface area contributed by atoms with Gasteiger partial charge in [0.25, 0.3) is 5.91 Å². The first kappa shape index (κ1) is 30.8. The van der Waals surface area contributed by atoms with Crippen LogP contribution < -0.4 is 23.8 Å². The first-order valence-electron chi connectivity index (χ1n) is 12.4. The molecule has 42 heavy (non-hydrogen) atoms. The second-order valence-corrected chi connectivity index (χ2v) is 9.58. The number of carboxylic acids is 1.